The summed E-state index contributed by atoms with van der Waals surface area (Å²) in [6.07, 6.45) is -4.54. The van der Waals surface area contributed by atoms with E-state index in [0.29, 0.717) is 11.3 Å². The highest BCUT2D eigenvalue weighted by molar-refractivity contribution is 5.80. The molecule has 0 fully saturated rings. The van der Waals surface area contributed by atoms with Crippen molar-refractivity contribution in [2.45, 2.75) is 26.4 Å². The standard InChI is InChI=1S/C18H17F3N4O2/c1-10-13(8-9-22-11(2)26)17(27)25-16(23-10)14(12-6-4-3-5-7-12)15(24-25)18(19,20)21/h3-7,23H,8-9H2,1-2H3,(H,22,26). The number of hydrogen-bond donors (Lipinski definition) is 2. The van der Waals surface area contributed by atoms with Gasteiger partial charge in [0.2, 0.25) is 5.91 Å². The minimum atomic E-state index is -4.72. The van der Waals surface area contributed by atoms with E-state index in [0.717, 1.165) is 4.52 Å². The Balaban J connectivity index is 2.23. The van der Waals surface area contributed by atoms with Gasteiger partial charge in [-0.3, -0.25) is 9.59 Å². The van der Waals surface area contributed by atoms with Crippen LogP contribution in [0.5, 0.6) is 0 Å². The summed E-state index contributed by atoms with van der Waals surface area (Å²) in [5.41, 5.74) is -0.938. The SMILES string of the molecule is CC(=O)NCCc1c(C)[nH]c2c(-c3ccccc3)c(C(F)(F)F)nn2c1=O. The fourth-order valence-corrected chi connectivity index (χ4v) is 2.96. The van der Waals surface area contributed by atoms with Gasteiger partial charge in [-0.05, 0) is 18.9 Å². The van der Waals surface area contributed by atoms with E-state index in [9.17, 15) is 22.8 Å². The van der Waals surface area contributed by atoms with E-state index in [2.05, 4.69) is 15.4 Å². The molecule has 1 aromatic carbocycles. The molecule has 0 aliphatic heterocycles. The van der Waals surface area contributed by atoms with Gasteiger partial charge in [0.15, 0.2) is 5.69 Å². The molecule has 0 atom stereocenters. The Labute approximate surface area is 152 Å². The largest absolute Gasteiger partial charge is 0.435 e. The summed E-state index contributed by atoms with van der Waals surface area (Å²) < 4.78 is 41.4. The lowest BCUT2D eigenvalue weighted by molar-refractivity contribution is -0.140. The Morgan fingerprint density at radius 1 is 1.26 bits per heavy atom. The summed E-state index contributed by atoms with van der Waals surface area (Å²) >= 11 is 0. The Kier molecular flexibility index (Phi) is 4.77. The van der Waals surface area contributed by atoms with Gasteiger partial charge in [-0.25, -0.2) is 0 Å². The predicted octanol–water partition coefficient (Wildman–Crippen LogP) is 2.70. The Morgan fingerprint density at radius 3 is 2.52 bits per heavy atom. The van der Waals surface area contributed by atoms with Crippen LogP contribution in [0.25, 0.3) is 16.8 Å². The maximum Gasteiger partial charge on any atom is 0.435 e. The molecule has 27 heavy (non-hydrogen) atoms. The first-order valence-electron chi connectivity index (χ1n) is 8.21. The maximum absolute atomic E-state index is 13.6. The predicted molar refractivity (Wildman–Crippen MR) is 93.4 cm³/mol. The zero-order chi connectivity index (χ0) is 19.8. The van der Waals surface area contributed by atoms with Crippen LogP contribution >= 0.6 is 0 Å². The number of aromatic nitrogens is 3. The second kappa shape index (κ2) is 6.90. The van der Waals surface area contributed by atoms with Crippen molar-refractivity contribution in [3.8, 4) is 11.1 Å². The monoisotopic (exact) mass is 378 g/mol. The van der Waals surface area contributed by atoms with Crippen LogP contribution in [0, 0.1) is 6.92 Å². The zero-order valence-electron chi connectivity index (χ0n) is 14.6. The summed E-state index contributed by atoms with van der Waals surface area (Å²) in [4.78, 5) is 26.6. The number of halogens is 3. The molecule has 0 spiro atoms. The number of rotatable bonds is 4. The van der Waals surface area contributed by atoms with Gasteiger partial charge >= 0.3 is 6.18 Å². The fourth-order valence-electron chi connectivity index (χ4n) is 2.96. The van der Waals surface area contributed by atoms with Gasteiger partial charge in [-0.15, -0.1) is 0 Å². The Bertz CT molecular complexity index is 1050. The van der Waals surface area contributed by atoms with Crippen molar-refractivity contribution >= 4 is 11.6 Å². The van der Waals surface area contributed by atoms with Crippen molar-refractivity contribution in [2.75, 3.05) is 6.54 Å². The van der Waals surface area contributed by atoms with E-state index < -0.39 is 17.4 Å². The molecule has 3 rings (SSSR count). The molecule has 9 heteroatoms. The molecule has 2 N–H and O–H groups in total. The quantitative estimate of drug-likeness (QED) is 0.733. The topological polar surface area (TPSA) is 79.3 Å². The van der Waals surface area contributed by atoms with Gasteiger partial charge in [-0.2, -0.15) is 22.8 Å². The first kappa shape index (κ1) is 18.7. The number of amides is 1. The average molecular weight is 378 g/mol. The van der Waals surface area contributed by atoms with Crippen LogP contribution in [0.2, 0.25) is 0 Å². The number of benzene rings is 1. The Hall–Kier alpha value is -3.10. The van der Waals surface area contributed by atoms with Gasteiger partial charge in [0, 0.05) is 24.7 Å². The molecule has 2 aromatic heterocycles. The number of aryl methyl sites for hydroxylation is 1. The normalized spacial score (nSPS) is 11.7. The maximum atomic E-state index is 13.6. The molecule has 0 aliphatic rings. The highest BCUT2D eigenvalue weighted by atomic mass is 19.4. The minimum absolute atomic E-state index is 0.0145. The number of nitrogens with one attached hydrogen (secondary N) is 2. The molecule has 0 aliphatic carbocycles. The molecule has 6 nitrogen and oxygen atoms in total. The molecule has 0 unspecified atom stereocenters. The molecule has 0 bridgehead atoms. The number of alkyl halides is 3. The van der Waals surface area contributed by atoms with Gasteiger partial charge in [0.1, 0.15) is 5.65 Å². The molecule has 1 amide bonds. The summed E-state index contributed by atoms with van der Waals surface area (Å²) in [6, 6.07) is 7.99. The summed E-state index contributed by atoms with van der Waals surface area (Å²) in [5, 5.41) is 6.13. The van der Waals surface area contributed by atoms with Crippen LogP contribution in [0.15, 0.2) is 35.1 Å². The number of nitrogens with zero attached hydrogens (tertiary/aromatic N) is 2. The zero-order valence-corrected chi connectivity index (χ0v) is 14.6. The molecular formula is C18H17F3N4O2. The molecule has 142 valence electrons. The first-order chi connectivity index (χ1) is 12.7. The highest BCUT2D eigenvalue weighted by Gasteiger charge is 2.39. The van der Waals surface area contributed by atoms with Crippen LogP contribution in [-0.4, -0.2) is 27.0 Å². The molecule has 3 aromatic rings. The van der Waals surface area contributed by atoms with Gasteiger partial charge in [0.25, 0.3) is 5.56 Å². The summed E-state index contributed by atoms with van der Waals surface area (Å²) in [5.74, 6) is -0.255. The van der Waals surface area contributed by atoms with Crippen molar-refractivity contribution in [3.63, 3.8) is 0 Å². The van der Waals surface area contributed by atoms with Crippen molar-refractivity contribution in [3.05, 3.63) is 57.6 Å². The van der Waals surface area contributed by atoms with Crippen LogP contribution < -0.4 is 10.9 Å². The van der Waals surface area contributed by atoms with Crippen LogP contribution in [0.4, 0.5) is 13.2 Å². The molecular weight excluding hydrogens is 361 g/mol. The summed E-state index contributed by atoms with van der Waals surface area (Å²) in [7, 11) is 0. The lowest BCUT2D eigenvalue weighted by Crippen LogP contribution is -2.28. The van der Waals surface area contributed by atoms with Crippen LogP contribution in [0.1, 0.15) is 23.9 Å². The van der Waals surface area contributed by atoms with Crippen molar-refractivity contribution in [1.82, 2.24) is 19.9 Å². The van der Waals surface area contributed by atoms with Crippen LogP contribution in [0.3, 0.4) is 0 Å². The fraction of sp³-hybridized carbons (Fsp3) is 0.278. The Morgan fingerprint density at radius 2 is 1.93 bits per heavy atom. The lowest BCUT2D eigenvalue weighted by atomic mass is 10.1. The third-order valence-electron chi connectivity index (χ3n) is 4.17. The smallest absolute Gasteiger partial charge is 0.356 e. The number of hydrogen-bond acceptors (Lipinski definition) is 3. The molecule has 0 saturated heterocycles. The first-order valence-corrected chi connectivity index (χ1v) is 8.21. The second-order valence-electron chi connectivity index (χ2n) is 6.11. The highest BCUT2D eigenvalue weighted by Crippen LogP contribution is 2.38. The molecule has 2 heterocycles. The molecule has 0 saturated carbocycles. The van der Waals surface area contributed by atoms with E-state index in [1.807, 2.05) is 0 Å². The lowest BCUT2D eigenvalue weighted by Gasteiger charge is -2.08. The number of carbonyl (C=O) groups is 1. The van der Waals surface area contributed by atoms with E-state index in [1.54, 1.807) is 25.1 Å². The minimum Gasteiger partial charge on any atom is -0.356 e. The second-order valence-corrected chi connectivity index (χ2v) is 6.11. The van der Waals surface area contributed by atoms with E-state index in [4.69, 9.17) is 0 Å². The van der Waals surface area contributed by atoms with Crippen molar-refractivity contribution in [2.24, 2.45) is 0 Å². The third kappa shape index (κ3) is 3.57. The van der Waals surface area contributed by atoms with Crippen molar-refractivity contribution < 1.29 is 18.0 Å². The van der Waals surface area contributed by atoms with Gasteiger partial charge in [0.05, 0.1) is 5.56 Å². The third-order valence-corrected chi connectivity index (χ3v) is 4.17. The van der Waals surface area contributed by atoms with E-state index in [-0.39, 0.29) is 35.6 Å². The number of H-pyrrole nitrogens is 1. The van der Waals surface area contributed by atoms with E-state index >= 15 is 0 Å². The van der Waals surface area contributed by atoms with E-state index in [1.165, 1.54) is 19.1 Å². The summed E-state index contributed by atoms with van der Waals surface area (Å²) in [6.45, 7) is 3.15. The average Bonchev–Trinajstić information content (AvgIpc) is 2.98. The van der Waals surface area contributed by atoms with Gasteiger partial charge < -0.3 is 10.3 Å². The number of fused-ring (bicyclic) bond motifs is 1. The number of carbonyl (C=O) groups excluding carboxylic acids is 1. The van der Waals surface area contributed by atoms with Crippen molar-refractivity contribution in [1.29, 1.82) is 0 Å². The number of aromatic amines is 1. The molecule has 0 radical (unpaired) electrons. The van der Waals surface area contributed by atoms with Gasteiger partial charge in [-0.1, -0.05) is 30.3 Å². The van der Waals surface area contributed by atoms with Crippen LogP contribution in [-0.2, 0) is 17.4 Å².